The number of hydrogen-bond donors (Lipinski definition) is 3. The molecule has 0 spiro atoms. The number of amides is 1. The van der Waals surface area contributed by atoms with E-state index in [4.69, 9.17) is 0 Å². The number of aliphatic hydroxyl groups is 2. The van der Waals surface area contributed by atoms with Crippen molar-refractivity contribution < 1.29 is 15.0 Å². The first-order valence-electron chi connectivity index (χ1n) is 22.2. The van der Waals surface area contributed by atoms with Crippen LogP contribution in [0.2, 0.25) is 0 Å². The lowest BCUT2D eigenvalue weighted by molar-refractivity contribution is -0.123. The van der Waals surface area contributed by atoms with Crippen LogP contribution in [0.15, 0.2) is 36.5 Å². The van der Waals surface area contributed by atoms with Crippen molar-refractivity contribution in [3.63, 3.8) is 0 Å². The minimum atomic E-state index is -0.866. The van der Waals surface area contributed by atoms with Gasteiger partial charge in [0, 0.05) is 6.42 Å². The van der Waals surface area contributed by atoms with Gasteiger partial charge in [-0.15, -0.1) is 0 Å². The maximum absolute atomic E-state index is 12.4. The normalized spacial score (nSPS) is 13.3. The second-order valence-electron chi connectivity index (χ2n) is 15.1. The second-order valence-corrected chi connectivity index (χ2v) is 15.1. The molecule has 0 saturated carbocycles. The molecule has 294 valence electrons. The Balaban J connectivity index is 3.54. The van der Waals surface area contributed by atoms with Gasteiger partial charge in [0.2, 0.25) is 5.91 Å². The third-order valence-corrected chi connectivity index (χ3v) is 10.1. The van der Waals surface area contributed by atoms with Crippen LogP contribution < -0.4 is 5.32 Å². The molecule has 0 aliphatic rings. The van der Waals surface area contributed by atoms with E-state index in [0.717, 1.165) is 38.5 Å². The smallest absolute Gasteiger partial charge is 0.220 e. The van der Waals surface area contributed by atoms with Crippen molar-refractivity contribution in [2.75, 3.05) is 6.61 Å². The largest absolute Gasteiger partial charge is 0.394 e. The molecule has 2 atom stereocenters. The zero-order chi connectivity index (χ0) is 36.4. The fourth-order valence-corrected chi connectivity index (χ4v) is 6.68. The van der Waals surface area contributed by atoms with E-state index in [1.807, 2.05) is 6.08 Å². The monoisotopic (exact) mass is 702 g/mol. The summed E-state index contributed by atoms with van der Waals surface area (Å²) in [4.78, 5) is 12.4. The van der Waals surface area contributed by atoms with Crippen LogP contribution in [0.5, 0.6) is 0 Å². The highest BCUT2D eigenvalue weighted by atomic mass is 16.3. The van der Waals surface area contributed by atoms with Gasteiger partial charge >= 0.3 is 0 Å². The highest BCUT2D eigenvalue weighted by Crippen LogP contribution is 2.16. The number of carbonyl (C=O) groups is 1. The Labute approximate surface area is 312 Å². The van der Waals surface area contributed by atoms with Crippen LogP contribution in [-0.4, -0.2) is 34.9 Å². The fourth-order valence-electron chi connectivity index (χ4n) is 6.68. The van der Waals surface area contributed by atoms with E-state index in [1.54, 1.807) is 6.08 Å². The van der Waals surface area contributed by atoms with E-state index < -0.39 is 12.1 Å². The van der Waals surface area contributed by atoms with E-state index in [-0.39, 0.29) is 12.5 Å². The van der Waals surface area contributed by atoms with Crippen molar-refractivity contribution in [3.8, 4) is 0 Å². The summed E-state index contributed by atoms with van der Waals surface area (Å²) in [6.45, 7) is 4.28. The highest BCUT2D eigenvalue weighted by Gasteiger charge is 2.17. The summed E-state index contributed by atoms with van der Waals surface area (Å²) in [5, 5.41) is 22.9. The molecular weight excluding hydrogens is 615 g/mol. The summed E-state index contributed by atoms with van der Waals surface area (Å²) in [6.07, 6.45) is 55.5. The molecule has 3 N–H and O–H groups in total. The fraction of sp³-hybridized carbons (Fsp3) is 0.848. The van der Waals surface area contributed by atoms with Crippen LogP contribution in [0.1, 0.15) is 232 Å². The van der Waals surface area contributed by atoms with Gasteiger partial charge in [-0.3, -0.25) is 4.79 Å². The molecule has 1 amide bonds. The molecule has 0 heterocycles. The molecule has 0 aliphatic carbocycles. The Bertz CT molecular complexity index is 760. The topological polar surface area (TPSA) is 69.6 Å². The van der Waals surface area contributed by atoms with E-state index in [0.29, 0.717) is 6.42 Å². The molecule has 50 heavy (non-hydrogen) atoms. The third kappa shape index (κ3) is 37.9. The number of rotatable bonds is 40. The molecule has 4 heteroatoms. The Kier molecular flexibility index (Phi) is 40.9. The van der Waals surface area contributed by atoms with Crippen molar-refractivity contribution in [1.29, 1.82) is 0 Å². The number of aliphatic hydroxyl groups excluding tert-OH is 2. The van der Waals surface area contributed by atoms with Crippen LogP contribution in [0.25, 0.3) is 0 Å². The lowest BCUT2D eigenvalue weighted by atomic mass is 10.0. The minimum Gasteiger partial charge on any atom is -0.394 e. The van der Waals surface area contributed by atoms with Crippen molar-refractivity contribution in [2.45, 2.75) is 244 Å². The SMILES string of the molecule is CCCCCC/C=C/CC/C=C/CC/C=C/C(O)C(CO)NC(=O)CCCCCCCCCCCCCCCCCCCCCCCCCC. The summed E-state index contributed by atoms with van der Waals surface area (Å²) >= 11 is 0. The van der Waals surface area contributed by atoms with E-state index >= 15 is 0 Å². The highest BCUT2D eigenvalue weighted by molar-refractivity contribution is 5.76. The van der Waals surface area contributed by atoms with Gasteiger partial charge in [-0.1, -0.05) is 217 Å². The summed E-state index contributed by atoms with van der Waals surface area (Å²) in [7, 11) is 0. The summed E-state index contributed by atoms with van der Waals surface area (Å²) in [5.74, 6) is -0.0757. The van der Waals surface area contributed by atoms with Crippen LogP contribution in [0, 0.1) is 0 Å². The van der Waals surface area contributed by atoms with E-state index in [2.05, 4.69) is 43.5 Å². The summed E-state index contributed by atoms with van der Waals surface area (Å²) in [6, 6.07) is -0.641. The first-order chi connectivity index (χ1) is 24.7. The number of carbonyl (C=O) groups excluding carboxylic acids is 1. The lowest BCUT2D eigenvalue weighted by Gasteiger charge is -2.19. The van der Waals surface area contributed by atoms with Gasteiger partial charge < -0.3 is 15.5 Å². The lowest BCUT2D eigenvalue weighted by Crippen LogP contribution is -2.45. The zero-order valence-electron chi connectivity index (χ0n) is 33.7. The van der Waals surface area contributed by atoms with Crippen LogP contribution >= 0.6 is 0 Å². The Morgan fingerprint density at radius 2 is 0.780 bits per heavy atom. The molecule has 0 aromatic carbocycles. The molecule has 0 bridgehead atoms. The molecule has 0 saturated heterocycles. The van der Waals surface area contributed by atoms with Crippen molar-refractivity contribution in [2.24, 2.45) is 0 Å². The number of hydrogen-bond acceptors (Lipinski definition) is 3. The van der Waals surface area contributed by atoms with Gasteiger partial charge in [0.05, 0.1) is 18.8 Å². The summed E-state index contributed by atoms with van der Waals surface area (Å²) < 4.78 is 0. The Morgan fingerprint density at radius 1 is 0.460 bits per heavy atom. The molecule has 0 fully saturated rings. The maximum atomic E-state index is 12.4. The molecule has 0 aromatic rings. The van der Waals surface area contributed by atoms with Gasteiger partial charge in [0.1, 0.15) is 0 Å². The molecule has 0 aromatic heterocycles. The van der Waals surface area contributed by atoms with E-state index in [1.165, 1.54) is 173 Å². The molecule has 2 unspecified atom stereocenters. The zero-order valence-corrected chi connectivity index (χ0v) is 33.7. The first kappa shape index (κ1) is 48.6. The van der Waals surface area contributed by atoms with Crippen LogP contribution in [0.4, 0.5) is 0 Å². The van der Waals surface area contributed by atoms with Gasteiger partial charge in [0.25, 0.3) is 0 Å². The standard InChI is InChI=1S/C46H87NO3/c1-3-5-7-9-11-13-15-17-19-20-21-22-23-24-25-26-27-28-30-32-34-36-38-40-42-46(50)47-44(43-48)45(49)41-39-37-35-33-31-29-18-16-14-12-10-8-6-4-2/h14,16,31,33,39,41,44-45,48-49H,3-13,15,17-30,32,34-38,40,42-43H2,1-2H3,(H,47,50)/b16-14+,33-31+,41-39+. The summed E-state index contributed by atoms with van der Waals surface area (Å²) in [5.41, 5.74) is 0. The average molecular weight is 702 g/mol. The predicted octanol–water partition coefficient (Wildman–Crippen LogP) is 13.8. The molecule has 4 nitrogen and oxygen atoms in total. The van der Waals surface area contributed by atoms with Gasteiger partial charge in [0.15, 0.2) is 0 Å². The Hall–Kier alpha value is -1.39. The second kappa shape index (κ2) is 42.0. The van der Waals surface area contributed by atoms with Crippen LogP contribution in [0.3, 0.4) is 0 Å². The van der Waals surface area contributed by atoms with Crippen molar-refractivity contribution >= 4 is 5.91 Å². The Morgan fingerprint density at radius 3 is 1.16 bits per heavy atom. The molecular formula is C46H87NO3. The number of allylic oxidation sites excluding steroid dienone is 5. The van der Waals surface area contributed by atoms with Crippen LogP contribution in [-0.2, 0) is 4.79 Å². The van der Waals surface area contributed by atoms with Gasteiger partial charge in [-0.25, -0.2) is 0 Å². The maximum Gasteiger partial charge on any atom is 0.220 e. The predicted molar refractivity (Wildman–Crippen MR) is 221 cm³/mol. The molecule has 0 rings (SSSR count). The third-order valence-electron chi connectivity index (χ3n) is 10.1. The van der Waals surface area contributed by atoms with Crippen molar-refractivity contribution in [3.05, 3.63) is 36.5 Å². The van der Waals surface area contributed by atoms with Gasteiger partial charge in [-0.05, 0) is 44.9 Å². The number of nitrogens with one attached hydrogen (secondary N) is 1. The van der Waals surface area contributed by atoms with Gasteiger partial charge in [-0.2, -0.15) is 0 Å². The first-order valence-corrected chi connectivity index (χ1v) is 22.2. The van der Waals surface area contributed by atoms with E-state index in [9.17, 15) is 15.0 Å². The molecule has 0 aliphatic heterocycles. The molecule has 0 radical (unpaired) electrons. The minimum absolute atomic E-state index is 0.0757. The number of unbranched alkanes of at least 4 members (excludes halogenated alkanes) is 29. The quantitative estimate of drug-likeness (QED) is 0.0440. The van der Waals surface area contributed by atoms with Crippen molar-refractivity contribution in [1.82, 2.24) is 5.32 Å². The average Bonchev–Trinajstić information content (AvgIpc) is 3.12.